The smallest absolute Gasteiger partial charge is 0.425 e. The molecule has 0 aliphatic carbocycles. The number of carbonyl (C=O) groups excluding carboxylic acids is 1. The van der Waals surface area contributed by atoms with Crippen LogP contribution < -0.4 is 10.1 Å². The first-order chi connectivity index (χ1) is 14.9. The third kappa shape index (κ3) is 4.89. The molecule has 3 N–H and O–H groups in total. The summed E-state index contributed by atoms with van der Waals surface area (Å²) < 4.78 is 59.1. The summed E-state index contributed by atoms with van der Waals surface area (Å²) in [6, 6.07) is 4.04. The number of benzene rings is 1. The third-order valence-electron chi connectivity index (χ3n) is 4.32. The Morgan fingerprint density at radius 2 is 1.97 bits per heavy atom. The predicted octanol–water partition coefficient (Wildman–Crippen LogP) is 5.51. The highest BCUT2D eigenvalue weighted by molar-refractivity contribution is 6.33. The first-order valence-electron chi connectivity index (χ1n) is 8.83. The summed E-state index contributed by atoms with van der Waals surface area (Å²) in [5.74, 6) is -3.18. The maximum absolute atomic E-state index is 14.9. The zero-order valence-corrected chi connectivity index (χ0v) is 17.8. The molecule has 1 amide bonds. The molecule has 0 aliphatic rings. The van der Waals surface area contributed by atoms with Crippen LogP contribution in [0.25, 0.3) is 11.3 Å². The van der Waals surface area contributed by atoms with Crippen molar-refractivity contribution in [1.29, 1.82) is 0 Å². The first kappa shape index (κ1) is 23.6. The molecular formula is C19H14Cl2F4N4O3. The van der Waals surface area contributed by atoms with Crippen LogP contribution in [-0.2, 0) is 0 Å². The minimum Gasteiger partial charge on any atom is -0.492 e. The molecular weight excluding hydrogens is 479 g/mol. The average Bonchev–Trinajstić information content (AvgIpc) is 3.02. The summed E-state index contributed by atoms with van der Waals surface area (Å²) in [6.07, 6.45) is -7.08. The van der Waals surface area contributed by atoms with Gasteiger partial charge >= 0.3 is 6.18 Å². The van der Waals surface area contributed by atoms with E-state index in [2.05, 4.69) is 20.5 Å². The largest absolute Gasteiger partial charge is 0.492 e. The molecule has 3 aromatic rings. The van der Waals surface area contributed by atoms with Gasteiger partial charge in [-0.25, -0.2) is 9.37 Å². The first-order valence-corrected chi connectivity index (χ1v) is 9.58. The number of anilines is 1. The lowest BCUT2D eigenvalue weighted by Crippen LogP contribution is -2.32. The van der Waals surface area contributed by atoms with Crippen LogP contribution in [0.4, 0.5) is 23.2 Å². The minimum absolute atomic E-state index is 0.0279. The van der Waals surface area contributed by atoms with Gasteiger partial charge in [-0.1, -0.05) is 23.2 Å². The van der Waals surface area contributed by atoms with Gasteiger partial charge in [0.15, 0.2) is 6.10 Å². The van der Waals surface area contributed by atoms with Crippen molar-refractivity contribution in [2.45, 2.75) is 26.1 Å². The molecule has 0 bridgehead atoms. The maximum Gasteiger partial charge on any atom is 0.425 e. The molecule has 2 heterocycles. The molecule has 0 fully saturated rings. The number of nitrogens with one attached hydrogen (secondary N) is 2. The number of aromatic nitrogens is 3. The van der Waals surface area contributed by atoms with Gasteiger partial charge in [0.2, 0.25) is 5.88 Å². The molecule has 32 heavy (non-hydrogen) atoms. The Bertz CT molecular complexity index is 1160. The zero-order valence-electron chi connectivity index (χ0n) is 16.3. The number of carbonyl (C=O) groups is 1. The van der Waals surface area contributed by atoms with Crippen molar-refractivity contribution in [3.8, 4) is 22.9 Å². The number of halogens is 6. The van der Waals surface area contributed by atoms with E-state index in [1.807, 2.05) is 0 Å². The van der Waals surface area contributed by atoms with E-state index in [4.69, 9.17) is 27.9 Å². The minimum atomic E-state index is -4.76. The number of aromatic amines is 1. The van der Waals surface area contributed by atoms with Gasteiger partial charge in [-0.15, -0.1) is 0 Å². The second-order valence-corrected chi connectivity index (χ2v) is 7.37. The third-order valence-corrected chi connectivity index (χ3v) is 4.89. The molecule has 0 aliphatic heterocycles. The lowest BCUT2D eigenvalue weighted by Gasteiger charge is -2.20. The van der Waals surface area contributed by atoms with Crippen molar-refractivity contribution >= 4 is 34.8 Å². The number of hydrogen-bond donors (Lipinski definition) is 3. The van der Waals surface area contributed by atoms with E-state index in [0.29, 0.717) is 11.8 Å². The van der Waals surface area contributed by atoms with Crippen molar-refractivity contribution < 1.29 is 32.2 Å². The van der Waals surface area contributed by atoms with Gasteiger partial charge in [-0.3, -0.25) is 9.89 Å². The van der Waals surface area contributed by atoms with Gasteiger partial charge in [-0.05, 0) is 38.1 Å². The van der Waals surface area contributed by atoms with Crippen molar-refractivity contribution in [3.05, 3.63) is 51.5 Å². The fourth-order valence-electron chi connectivity index (χ4n) is 2.59. The maximum atomic E-state index is 14.9. The van der Waals surface area contributed by atoms with Crippen LogP contribution in [-0.4, -0.2) is 38.5 Å². The van der Waals surface area contributed by atoms with Crippen molar-refractivity contribution in [1.82, 2.24) is 15.2 Å². The van der Waals surface area contributed by atoms with Crippen LogP contribution in [0.2, 0.25) is 10.2 Å². The van der Waals surface area contributed by atoms with Crippen molar-refractivity contribution in [2.24, 2.45) is 0 Å². The van der Waals surface area contributed by atoms with Gasteiger partial charge in [-0.2, -0.15) is 18.3 Å². The summed E-state index contributed by atoms with van der Waals surface area (Å²) in [5, 5.41) is 18.1. The lowest BCUT2D eigenvalue weighted by atomic mass is 10.0. The molecule has 3 rings (SSSR count). The Kier molecular flexibility index (Phi) is 6.51. The molecule has 2 aromatic heterocycles. The number of aryl methyl sites for hydroxylation is 1. The number of alkyl halides is 3. The second kappa shape index (κ2) is 8.83. The Balaban J connectivity index is 2.09. The standard InChI is InChI=1S/C19H14Cl2F4N4O3/c1-7-15(16(21)29-28-7)27-17(30)10-5-12(22)9(13-4-3-11(20)18(31)26-13)6-14(10)32-8(2)19(23,24)25/h3-6,8H,1-2H3,(H,26,31)(H,27,30)(H,28,29). The molecule has 1 unspecified atom stereocenters. The average molecular weight is 493 g/mol. The SMILES string of the molecule is Cc1n[nH]c(Cl)c1NC(=O)c1cc(F)c(-c2ccc(Cl)c(O)n2)cc1OC(C)C(F)(F)F. The van der Waals surface area contributed by atoms with E-state index in [9.17, 15) is 27.5 Å². The number of nitrogens with zero attached hydrogens (tertiary/aromatic N) is 2. The summed E-state index contributed by atoms with van der Waals surface area (Å²) in [5.41, 5.74) is -0.630. The molecule has 1 atom stereocenters. The molecule has 1 aromatic carbocycles. The number of rotatable bonds is 5. The molecule has 0 spiro atoms. The fourth-order valence-corrected chi connectivity index (χ4v) is 2.92. The van der Waals surface area contributed by atoms with Crippen molar-refractivity contribution in [2.75, 3.05) is 5.32 Å². The van der Waals surface area contributed by atoms with Gasteiger partial charge in [0.1, 0.15) is 27.4 Å². The fraction of sp³-hybridized carbons (Fsp3) is 0.211. The van der Waals surface area contributed by atoms with Crippen LogP contribution in [0.3, 0.4) is 0 Å². The number of pyridine rings is 1. The van der Waals surface area contributed by atoms with E-state index < -0.39 is 41.2 Å². The number of H-pyrrole nitrogens is 1. The van der Waals surface area contributed by atoms with E-state index in [1.54, 1.807) is 0 Å². The summed E-state index contributed by atoms with van der Waals surface area (Å²) in [7, 11) is 0. The predicted molar refractivity (Wildman–Crippen MR) is 109 cm³/mol. The topological polar surface area (TPSA) is 100 Å². The Morgan fingerprint density at radius 1 is 1.28 bits per heavy atom. The molecule has 0 radical (unpaired) electrons. The van der Waals surface area contributed by atoms with Gasteiger partial charge in [0.05, 0.1) is 17.0 Å². The van der Waals surface area contributed by atoms with E-state index in [-0.39, 0.29) is 27.1 Å². The number of ether oxygens (including phenoxy) is 1. The molecule has 0 saturated heterocycles. The van der Waals surface area contributed by atoms with Crippen LogP contribution >= 0.6 is 23.2 Å². The van der Waals surface area contributed by atoms with Crippen molar-refractivity contribution in [3.63, 3.8) is 0 Å². The van der Waals surface area contributed by atoms with Crippen LogP contribution in [0.1, 0.15) is 23.0 Å². The number of hydrogen-bond acceptors (Lipinski definition) is 5. The monoisotopic (exact) mass is 492 g/mol. The van der Waals surface area contributed by atoms with Crippen LogP contribution in [0.5, 0.6) is 11.6 Å². The molecule has 170 valence electrons. The quantitative estimate of drug-likeness (QED) is 0.407. The van der Waals surface area contributed by atoms with E-state index in [0.717, 1.165) is 13.0 Å². The van der Waals surface area contributed by atoms with E-state index in [1.165, 1.54) is 19.1 Å². The second-order valence-electron chi connectivity index (χ2n) is 6.58. The van der Waals surface area contributed by atoms with Gasteiger partial charge in [0, 0.05) is 5.56 Å². The summed E-state index contributed by atoms with van der Waals surface area (Å²) >= 11 is 11.6. The normalized spacial score (nSPS) is 12.5. The number of amides is 1. The number of aromatic hydroxyl groups is 1. The highest BCUT2D eigenvalue weighted by Crippen LogP contribution is 2.35. The zero-order chi connectivity index (χ0) is 23.8. The highest BCUT2D eigenvalue weighted by Gasteiger charge is 2.39. The van der Waals surface area contributed by atoms with Gasteiger partial charge in [0.25, 0.3) is 5.91 Å². The Hall–Kier alpha value is -3.05. The van der Waals surface area contributed by atoms with E-state index >= 15 is 0 Å². The van der Waals surface area contributed by atoms with Gasteiger partial charge < -0.3 is 15.2 Å². The summed E-state index contributed by atoms with van der Waals surface area (Å²) in [6.45, 7) is 2.25. The molecule has 0 saturated carbocycles. The summed E-state index contributed by atoms with van der Waals surface area (Å²) in [4.78, 5) is 16.5. The molecule has 7 nitrogen and oxygen atoms in total. The van der Waals surface area contributed by atoms with Crippen LogP contribution in [0.15, 0.2) is 24.3 Å². The van der Waals surface area contributed by atoms with Crippen LogP contribution in [0, 0.1) is 12.7 Å². The molecule has 13 heteroatoms. The Morgan fingerprint density at radius 3 is 2.53 bits per heavy atom. The Labute approximate surface area is 188 Å². The lowest BCUT2D eigenvalue weighted by molar-refractivity contribution is -0.189. The highest BCUT2D eigenvalue weighted by atomic mass is 35.5.